The van der Waals surface area contributed by atoms with Gasteiger partial charge in [-0.1, -0.05) is 18.2 Å². The van der Waals surface area contributed by atoms with Crippen molar-refractivity contribution in [1.82, 2.24) is 23.6 Å². The van der Waals surface area contributed by atoms with Crippen LogP contribution in [0.4, 0.5) is 8.78 Å². The standard InChI is InChI=1S/C25H31F2N5O3/c1-4-31-23-22(24(33)32(5-2)25(31)34)29(3)21(28-23)11-8-17-6-9-18(10-7-17)35-19-12-14-30(15-13-19)16-20(26)27/h6-11,19-20H,4-5,12-16H2,1-3H3. The van der Waals surface area contributed by atoms with Crippen LogP contribution in [0.1, 0.15) is 38.1 Å². The number of aryl methyl sites for hydroxylation is 2. The van der Waals surface area contributed by atoms with Crippen LogP contribution in [-0.2, 0) is 20.1 Å². The third-order valence-electron chi connectivity index (χ3n) is 6.45. The average molecular weight is 488 g/mol. The number of aromatic nitrogens is 4. The Morgan fingerprint density at radius 2 is 1.71 bits per heavy atom. The number of nitrogens with zero attached hydrogens (tertiary/aromatic N) is 5. The minimum absolute atomic E-state index is 0.0219. The zero-order valence-corrected chi connectivity index (χ0v) is 20.3. The topological polar surface area (TPSA) is 74.3 Å². The molecule has 0 N–H and O–H groups in total. The molecule has 1 fully saturated rings. The van der Waals surface area contributed by atoms with Crippen molar-refractivity contribution in [1.29, 1.82) is 0 Å². The number of alkyl halides is 2. The second kappa shape index (κ2) is 10.6. The monoisotopic (exact) mass is 487 g/mol. The van der Waals surface area contributed by atoms with Gasteiger partial charge >= 0.3 is 5.69 Å². The van der Waals surface area contributed by atoms with Gasteiger partial charge in [0.2, 0.25) is 0 Å². The molecular formula is C25H31F2N5O3. The Balaban J connectivity index is 1.47. The van der Waals surface area contributed by atoms with Crippen LogP contribution >= 0.6 is 0 Å². The summed E-state index contributed by atoms with van der Waals surface area (Å²) in [5, 5.41) is 0. The highest BCUT2D eigenvalue weighted by Crippen LogP contribution is 2.21. The number of benzene rings is 1. The van der Waals surface area contributed by atoms with Crippen LogP contribution in [0.2, 0.25) is 0 Å². The quantitative estimate of drug-likeness (QED) is 0.488. The van der Waals surface area contributed by atoms with Crippen LogP contribution in [0.15, 0.2) is 33.9 Å². The number of halogens is 2. The molecule has 3 aromatic rings. The van der Waals surface area contributed by atoms with E-state index >= 15 is 0 Å². The lowest BCUT2D eigenvalue weighted by atomic mass is 10.1. The van der Waals surface area contributed by atoms with Crippen LogP contribution in [0.3, 0.4) is 0 Å². The van der Waals surface area contributed by atoms with E-state index in [1.165, 1.54) is 9.13 Å². The highest BCUT2D eigenvalue weighted by molar-refractivity contribution is 5.76. The summed E-state index contributed by atoms with van der Waals surface area (Å²) in [5.41, 5.74) is 1.02. The van der Waals surface area contributed by atoms with Gasteiger partial charge < -0.3 is 9.30 Å². The Bertz CT molecular complexity index is 1320. The van der Waals surface area contributed by atoms with Crippen molar-refractivity contribution >= 4 is 23.3 Å². The summed E-state index contributed by atoms with van der Waals surface area (Å²) in [4.78, 5) is 31.8. The van der Waals surface area contributed by atoms with E-state index in [-0.39, 0.29) is 23.9 Å². The van der Waals surface area contributed by atoms with Gasteiger partial charge in [-0.05, 0) is 50.5 Å². The van der Waals surface area contributed by atoms with E-state index in [4.69, 9.17) is 4.74 Å². The SMILES string of the molecule is CCn1c(=O)c2c(nc(C=Cc3ccc(OC4CCN(CC(F)F)CC4)cc3)n2C)n(CC)c1=O. The summed E-state index contributed by atoms with van der Waals surface area (Å²) in [6, 6.07) is 7.61. The molecule has 0 aliphatic carbocycles. The molecule has 1 aliphatic heterocycles. The summed E-state index contributed by atoms with van der Waals surface area (Å²) >= 11 is 0. The van der Waals surface area contributed by atoms with Gasteiger partial charge in [0.25, 0.3) is 12.0 Å². The summed E-state index contributed by atoms with van der Waals surface area (Å²) in [7, 11) is 1.77. The molecular weight excluding hydrogens is 456 g/mol. The Morgan fingerprint density at radius 1 is 1.06 bits per heavy atom. The number of fused-ring (bicyclic) bond motifs is 1. The summed E-state index contributed by atoms with van der Waals surface area (Å²) in [6.07, 6.45) is 2.88. The molecule has 3 heterocycles. The van der Waals surface area contributed by atoms with Gasteiger partial charge in [-0.15, -0.1) is 0 Å². The van der Waals surface area contributed by atoms with E-state index in [0.717, 1.165) is 24.2 Å². The fourth-order valence-corrected chi connectivity index (χ4v) is 4.52. The normalized spacial score (nSPS) is 15.6. The Morgan fingerprint density at radius 3 is 2.31 bits per heavy atom. The largest absolute Gasteiger partial charge is 0.490 e. The number of ether oxygens (including phenoxy) is 1. The van der Waals surface area contributed by atoms with Crippen LogP contribution in [0.25, 0.3) is 23.3 Å². The third-order valence-corrected chi connectivity index (χ3v) is 6.45. The third kappa shape index (κ3) is 5.22. The molecule has 2 aromatic heterocycles. The van der Waals surface area contributed by atoms with Crippen molar-refractivity contribution in [2.75, 3.05) is 19.6 Å². The number of hydrogen-bond donors (Lipinski definition) is 0. The lowest BCUT2D eigenvalue weighted by Gasteiger charge is -2.31. The lowest BCUT2D eigenvalue weighted by molar-refractivity contribution is 0.0479. The van der Waals surface area contributed by atoms with Gasteiger partial charge in [0, 0.05) is 33.2 Å². The molecule has 0 spiro atoms. The fraction of sp³-hybridized carbons (Fsp3) is 0.480. The van der Waals surface area contributed by atoms with Crippen molar-refractivity contribution in [2.45, 2.75) is 52.3 Å². The molecule has 0 saturated carbocycles. The van der Waals surface area contributed by atoms with E-state index in [0.29, 0.717) is 43.2 Å². The van der Waals surface area contributed by atoms with Crippen LogP contribution < -0.4 is 16.0 Å². The Hall–Kier alpha value is -3.27. The second-order valence-corrected chi connectivity index (χ2v) is 8.69. The van der Waals surface area contributed by atoms with Crippen molar-refractivity contribution < 1.29 is 13.5 Å². The van der Waals surface area contributed by atoms with Crippen molar-refractivity contribution in [3.63, 3.8) is 0 Å². The second-order valence-electron chi connectivity index (χ2n) is 8.69. The van der Waals surface area contributed by atoms with E-state index in [9.17, 15) is 18.4 Å². The molecule has 0 unspecified atom stereocenters. The molecule has 4 rings (SSSR count). The molecule has 188 valence electrons. The molecule has 0 atom stereocenters. The maximum atomic E-state index is 12.8. The molecule has 35 heavy (non-hydrogen) atoms. The molecule has 8 nitrogen and oxygen atoms in total. The molecule has 10 heteroatoms. The van der Waals surface area contributed by atoms with Crippen molar-refractivity contribution in [3.8, 4) is 5.75 Å². The first kappa shape index (κ1) is 24.8. The van der Waals surface area contributed by atoms with Gasteiger partial charge in [-0.25, -0.2) is 18.6 Å². The highest BCUT2D eigenvalue weighted by Gasteiger charge is 2.22. The molecule has 0 radical (unpaired) electrons. The average Bonchev–Trinajstić information content (AvgIpc) is 3.16. The zero-order chi connectivity index (χ0) is 25.1. The Labute approximate surface area is 202 Å². The van der Waals surface area contributed by atoms with Crippen molar-refractivity contribution in [3.05, 3.63) is 56.5 Å². The van der Waals surface area contributed by atoms with Crippen LogP contribution in [-0.4, -0.2) is 55.7 Å². The molecule has 0 bridgehead atoms. The number of hydrogen-bond acceptors (Lipinski definition) is 5. The first-order valence-corrected chi connectivity index (χ1v) is 12.0. The fourth-order valence-electron chi connectivity index (χ4n) is 4.52. The minimum atomic E-state index is -2.30. The molecule has 1 saturated heterocycles. The van der Waals surface area contributed by atoms with Crippen LogP contribution in [0, 0.1) is 0 Å². The van der Waals surface area contributed by atoms with E-state index in [1.807, 2.05) is 43.3 Å². The highest BCUT2D eigenvalue weighted by atomic mass is 19.3. The summed E-state index contributed by atoms with van der Waals surface area (Å²) in [6.45, 7) is 5.40. The number of rotatable bonds is 8. The predicted octanol–water partition coefficient (Wildman–Crippen LogP) is 3.22. The minimum Gasteiger partial charge on any atom is -0.490 e. The number of imidazole rings is 1. The predicted molar refractivity (Wildman–Crippen MR) is 132 cm³/mol. The first-order valence-electron chi connectivity index (χ1n) is 12.0. The maximum Gasteiger partial charge on any atom is 0.332 e. The Kier molecular flexibility index (Phi) is 7.49. The van der Waals surface area contributed by atoms with Gasteiger partial charge in [-0.2, -0.15) is 0 Å². The van der Waals surface area contributed by atoms with E-state index in [2.05, 4.69) is 4.98 Å². The molecule has 1 aliphatic rings. The van der Waals surface area contributed by atoms with E-state index < -0.39 is 6.43 Å². The smallest absolute Gasteiger partial charge is 0.332 e. The van der Waals surface area contributed by atoms with E-state index in [1.54, 1.807) is 23.4 Å². The lowest BCUT2D eigenvalue weighted by Crippen LogP contribution is -2.40. The van der Waals surface area contributed by atoms with Crippen molar-refractivity contribution in [2.24, 2.45) is 7.05 Å². The summed E-state index contributed by atoms with van der Waals surface area (Å²) in [5.74, 6) is 1.31. The first-order chi connectivity index (χ1) is 16.8. The number of piperidine rings is 1. The maximum absolute atomic E-state index is 12.8. The van der Waals surface area contributed by atoms with Gasteiger partial charge in [0.05, 0.1) is 6.54 Å². The zero-order valence-electron chi connectivity index (χ0n) is 20.3. The summed E-state index contributed by atoms with van der Waals surface area (Å²) < 4.78 is 35.6. The molecule has 0 amide bonds. The molecule has 1 aromatic carbocycles. The van der Waals surface area contributed by atoms with Gasteiger partial charge in [-0.3, -0.25) is 18.8 Å². The number of likely N-dealkylation sites (tertiary alicyclic amines) is 1. The van der Waals surface area contributed by atoms with Crippen LogP contribution in [0.5, 0.6) is 5.75 Å². The van der Waals surface area contributed by atoms with Gasteiger partial charge in [0.1, 0.15) is 17.7 Å². The van der Waals surface area contributed by atoms with Gasteiger partial charge in [0.15, 0.2) is 11.2 Å².